The highest BCUT2D eigenvalue weighted by molar-refractivity contribution is 5.82. The number of carbonyl (C=O) groups excluding carboxylic acids is 1. The maximum absolute atomic E-state index is 11.5. The van der Waals surface area contributed by atoms with Crippen LogP contribution in [0, 0.1) is 0 Å². The van der Waals surface area contributed by atoms with Crippen molar-refractivity contribution in [3.05, 3.63) is 18.2 Å². The molecule has 1 aromatic rings. The summed E-state index contributed by atoms with van der Waals surface area (Å²) in [7, 11) is 0. The minimum absolute atomic E-state index is 0.309. The lowest BCUT2D eigenvalue weighted by molar-refractivity contribution is -0.139. The molecular weight excluding hydrogens is 224 g/mol. The van der Waals surface area contributed by atoms with E-state index in [0.29, 0.717) is 12.2 Å². The molecule has 0 aromatic carbocycles. The molecule has 0 aliphatic heterocycles. The van der Waals surface area contributed by atoms with Gasteiger partial charge in [0.2, 0.25) is 0 Å². The van der Waals surface area contributed by atoms with Crippen molar-refractivity contribution in [1.29, 1.82) is 0 Å². The zero-order chi connectivity index (χ0) is 12.8. The van der Waals surface area contributed by atoms with Crippen LogP contribution in [-0.2, 0) is 4.79 Å². The number of carboxylic acids is 1. The van der Waals surface area contributed by atoms with Gasteiger partial charge in [0.25, 0.3) is 0 Å². The number of amides is 2. The van der Waals surface area contributed by atoms with Gasteiger partial charge in [-0.15, -0.1) is 0 Å². The van der Waals surface area contributed by atoms with Gasteiger partial charge in [0.15, 0.2) is 0 Å². The van der Waals surface area contributed by atoms with Crippen LogP contribution >= 0.6 is 0 Å². The highest BCUT2D eigenvalue weighted by atomic mass is 16.4. The lowest BCUT2D eigenvalue weighted by Crippen LogP contribution is -2.46. The average Bonchev–Trinajstić information content (AvgIpc) is 2.78. The van der Waals surface area contributed by atoms with E-state index in [1.54, 1.807) is 26.2 Å². The number of rotatable bonds is 5. The summed E-state index contributed by atoms with van der Waals surface area (Å²) in [5, 5.41) is 13.7. The van der Waals surface area contributed by atoms with Crippen molar-refractivity contribution in [3.63, 3.8) is 0 Å². The monoisotopic (exact) mass is 240 g/mol. The van der Waals surface area contributed by atoms with Gasteiger partial charge in [0.1, 0.15) is 11.9 Å². The van der Waals surface area contributed by atoms with Crippen molar-refractivity contribution >= 4 is 12.0 Å². The van der Waals surface area contributed by atoms with E-state index in [1.807, 2.05) is 0 Å². The topological polar surface area (TPSA) is 107 Å². The SMILES string of the molecule is CC[C@H](NC(=O)NC(C)c1ncc[nH]1)C(=O)O. The van der Waals surface area contributed by atoms with Gasteiger partial charge in [-0.3, -0.25) is 0 Å². The number of nitrogens with one attached hydrogen (secondary N) is 3. The number of aromatic amines is 1. The fraction of sp³-hybridized carbons (Fsp3) is 0.500. The first-order chi connectivity index (χ1) is 8.04. The molecular formula is C10H16N4O3. The molecule has 1 rings (SSSR count). The maximum atomic E-state index is 11.5. The van der Waals surface area contributed by atoms with Crippen LogP contribution in [0.2, 0.25) is 0 Å². The number of urea groups is 1. The van der Waals surface area contributed by atoms with Crippen LogP contribution in [-0.4, -0.2) is 33.1 Å². The fourth-order valence-corrected chi connectivity index (χ4v) is 1.32. The second-order valence-electron chi connectivity index (χ2n) is 3.61. The van der Waals surface area contributed by atoms with Crippen LogP contribution in [0.4, 0.5) is 4.79 Å². The summed E-state index contributed by atoms with van der Waals surface area (Å²) in [5.41, 5.74) is 0. The lowest BCUT2D eigenvalue weighted by atomic mass is 10.2. The van der Waals surface area contributed by atoms with Gasteiger partial charge in [-0.1, -0.05) is 6.92 Å². The Morgan fingerprint density at radius 1 is 1.53 bits per heavy atom. The molecule has 0 aliphatic rings. The van der Waals surface area contributed by atoms with Gasteiger partial charge in [-0.25, -0.2) is 14.6 Å². The van der Waals surface area contributed by atoms with Crippen molar-refractivity contribution < 1.29 is 14.7 Å². The number of aromatic nitrogens is 2. The summed E-state index contributed by atoms with van der Waals surface area (Å²) in [6.07, 6.45) is 3.56. The van der Waals surface area contributed by atoms with Gasteiger partial charge >= 0.3 is 12.0 Å². The molecule has 0 bridgehead atoms. The van der Waals surface area contributed by atoms with Gasteiger partial charge in [0.05, 0.1) is 6.04 Å². The summed E-state index contributed by atoms with van der Waals surface area (Å²) in [6, 6.07) is -1.71. The van der Waals surface area contributed by atoms with E-state index in [2.05, 4.69) is 20.6 Å². The normalized spacial score (nSPS) is 13.8. The number of nitrogens with zero attached hydrogens (tertiary/aromatic N) is 1. The Morgan fingerprint density at radius 3 is 2.71 bits per heavy atom. The van der Waals surface area contributed by atoms with Gasteiger partial charge in [-0.2, -0.15) is 0 Å². The standard InChI is InChI=1S/C10H16N4O3/c1-3-7(9(15)16)14-10(17)13-6(2)8-11-4-5-12-8/h4-7H,3H2,1-2H3,(H,11,12)(H,15,16)(H2,13,14,17)/t6?,7-/m0/s1. The van der Waals surface area contributed by atoms with Crippen LogP contribution in [0.25, 0.3) is 0 Å². The van der Waals surface area contributed by atoms with Gasteiger partial charge in [0, 0.05) is 12.4 Å². The number of hydrogen-bond acceptors (Lipinski definition) is 3. The summed E-state index contributed by atoms with van der Waals surface area (Å²) in [4.78, 5) is 29.1. The highest BCUT2D eigenvalue weighted by Crippen LogP contribution is 2.04. The van der Waals surface area contributed by atoms with Crippen LogP contribution < -0.4 is 10.6 Å². The molecule has 0 spiro atoms. The molecule has 1 unspecified atom stereocenters. The van der Waals surface area contributed by atoms with E-state index in [1.165, 1.54) is 0 Å². The number of carbonyl (C=O) groups is 2. The second-order valence-corrected chi connectivity index (χ2v) is 3.61. The Balaban J connectivity index is 2.47. The van der Waals surface area contributed by atoms with E-state index >= 15 is 0 Å². The van der Waals surface area contributed by atoms with Crippen LogP contribution in [0.15, 0.2) is 12.4 Å². The number of H-pyrrole nitrogens is 1. The van der Waals surface area contributed by atoms with Gasteiger partial charge in [-0.05, 0) is 13.3 Å². The van der Waals surface area contributed by atoms with E-state index in [4.69, 9.17) is 5.11 Å². The maximum Gasteiger partial charge on any atom is 0.326 e. The molecule has 0 aliphatic carbocycles. The number of carboxylic acid groups (broad SMARTS) is 1. The Bertz CT molecular complexity index is 377. The van der Waals surface area contributed by atoms with Crippen molar-refractivity contribution in [2.24, 2.45) is 0 Å². The summed E-state index contributed by atoms with van der Waals surface area (Å²) >= 11 is 0. The van der Waals surface area contributed by atoms with Crippen molar-refractivity contribution in [2.45, 2.75) is 32.4 Å². The molecule has 7 heteroatoms. The number of imidazole rings is 1. The molecule has 2 amide bonds. The number of hydrogen-bond donors (Lipinski definition) is 4. The minimum Gasteiger partial charge on any atom is -0.480 e. The van der Waals surface area contributed by atoms with Crippen molar-refractivity contribution in [2.75, 3.05) is 0 Å². The molecule has 1 heterocycles. The predicted molar refractivity (Wildman–Crippen MR) is 60.4 cm³/mol. The van der Waals surface area contributed by atoms with Crippen LogP contribution in [0.3, 0.4) is 0 Å². The van der Waals surface area contributed by atoms with Crippen LogP contribution in [0.5, 0.6) is 0 Å². The average molecular weight is 240 g/mol. The zero-order valence-electron chi connectivity index (χ0n) is 9.73. The van der Waals surface area contributed by atoms with Gasteiger partial charge < -0.3 is 20.7 Å². The third kappa shape index (κ3) is 3.78. The molecule has 7 nitrogen and oxygen atoms in total. The smallest absolute Gasteiger partial charge is 0.326 e. The van der Waals surface area contributed by atoms with E-state index < -0.39 is 18.0 Å². The molecule has 1 aromatic heterocycles. The van der Waals surface area contributed by atoms with Crippen LogP contribution in [0.1, 0.15) is 32.1 Å². The summed E-state index contributed by atoms with van der Waals surface area (Å²) in [5.74, 6) is -0.433. The quantitative estimate of drug-likeness (QED) is 0.605. The fourth-order valence-electron chi connectivity index (χ4n) is 1.32. The lowest BCUT2D eigenvalue weighted by Gasteiger charge is -2.16. The predicted octanol–water partition coefficient (Wildman–Crippen LogP) is 0.633. The number of aliphatic carboxylic acids is 1. The largest absolute Gasteiger partial charge is 0.480 e. The second kappa shape index (κ2) is 5.88. The first-order valence-corrected chi connectivity index (χ1v) is 5.33. The van der Waals surface area contributed by atoms with Crippen molar-refractivity contribution in [3.8, 4) is 0 Å². The Hall–Kier alpha value is -2.05. The molecule has 94 valence electrons. The van der Waals surface area contributed by atoms with Crippen molar-refractivity contribution in [1.82, 2.24) is 20.6 Å². The molecule has 0 saturated carbocycles. The molecule has 0 radical (unpaired) electrons. The highest BCUT2D eigenvalue weighted by Gasteiger charge is 2.19. The third-order valence-electron chi connectivity index (χ3n) is 2.29. The zero-order valence-corrected chi connectivity index (χ0v) is 9.73. The molecule has 0 saturated heterocycles. The summed E-state index contributed by atoms with van der Waals surface area (Å²) < 4.78 is 0. The Kier molecular flexibility index (Phi) is 4.50. The van der Waals surface area contributed by atoms with E-state index in [-0.39, 0.29) is 6.04 Å². The molecule has 2 atom stereocenters. The molecule has 0 fully saturated rings. The minimum atomic E-state index is -1.05. The van der Waals surface area contributed by atoms with E-state index in [9.17, 15) is 9.59 Å². The summed E-state index contributed by atoms with van der Waals surface area (Å²) in [6.45, 7) is 3.44. The third-order valence-corrected chi connectivity index (χ3v) is 2.29. The Morgan fingerprint density at radius 2 is 2.24 bits per heavy atom. The van der Waals surface area contributed by atoms with E-state index in [0.717, 1.165) is 0 Å². The molecule has 17 heavy (non-hydrogen) atoms. The first-order valence-electron chi connectivity index (χ1n) is 5.33. The Labute approximate surface area is 98.6 Å². The first kappa shape index (κ1) is 13.0. The molecule has 4 N–H and O–H groups in total.